The summed E-state index contributed by atoms with van der Waals surface area (Å²) in [5, 5.41) is 3.01. The minimum absolute atomic E-state index is 0.0673. The zero-order chi connectivity index (χ0) is 19.9. The molecule has 6 nitrogen and oxygen atoms in total. The van der Waals surface area contributed by atoms with Crippen LogP contribution in [0.1, 0.15) is 38.1 Å². The van der Waals surface area contributed by atoms with Gasteiger partial charge < -0.3 is 9.88 Å². The quantitative estimate of drug-likeness (QED) is 0.762. The number of carbonyl (C=O) groups excluding carboxylic acids is 1. The lowest BCUT2D eigenvalue weighted by molar-refractivity contribution is -0.117. The normalized spacial score (nSPS) is 15.9. The van der Waals surface area contributed by atoms with E-state index < -0.39 is 0 Å². The van der Waals surface area contributed by atoms with Crippen LogP contribution >= 0.6 is 0 Å². The van der Waals surface area contributed by atoms with Gasteiger partial charge in [0.05, 0.1) is 6.54 Å². The number of aromatic nitrogens is 2. The van der Waals surface area contributed by atoms with Crippen LogP contribution < -0.4 is 5.32 Å². The molecular formula is C22H33N5O. The van der Waals surface area contributed by atoms with Gasteiger partial charge in [0, 0.05) is 63.3 Å². The van der Waals surface area contributed by atoms with Gasteiger partial charge in [-0.05, 0) is 24.1 Å². The number of benzene rings is 1. The maximum atomic E-state index is 12.3. The molecular weight excluding hydrogens is 350 g/mol. The Morgan fingerprint density at radius 2 is 1.75 bits per heavy atom. The van der Waals surface area contributed by atoms with Crippen molar-refractivity contribution in [3.8, 4) is 0 Å². The monoisotopic (exact) mass is 383 g/mol. The lowest BCUT2D eigenvalue weighted by Crippen LogP contribution is -2.49. The second-order valence-corrected chi connectivity index (χ2v) is 7.85. The summed E-state index contributed by atoms with van der Waals surface area (Å²) >= 11 is 0. The number of nitrogens with one attached hydrogen (secondary N) is 1. The van der Waals surface area contributed by atoms with Gasteiger partial charge >= 0.3 is 0 Å². The van der Waals surface area contributed by atoms with E-state index in [1.165, 1.54) is 5.56 Å². The van der Waals surface area contributed by atoms with Gasteiger partial charge in [-0.3, -0.25) is 14.6 Å². The van der Waals surface area contributed by atoms with Crippen molar-refractivity contribution in [3.63, 3.8) is 0 Å². The van der Waals surface area contributed by atoms with Crippen molar-refractivity contribution in [2.24, 2.45) is 0 Å². The van der Waals surface area contributed by atoms with Crippen LogP contribution in [0.5, 0.6) is 0 Å². The van der Waals surface area contributed by atoms with Crippen LogP contribution in [0.4, 0.5) is 5.69 Å². The molecule has 6 heteroatoms. The number of aryl methyl sites for hydroxylation is 1. The third-order valence-electron chi connectivity index (χ3n) is 5.40. The Kier molecular flexibility index (Phi) is 7.23. The van der Waals surface area contributed by atoms with Gasteiger partial charge in [-0.2, -0.15) is 0 Å². The molecule has 1 aromatic carbocycles. The van der Waals surface area contributed by atoms with E-state index in [0.29, 0.717) is 12.5 Å². The summed E-state index contributed by atoms with van der Waals surface area (Å²) in [6.07, 6.45) is 4.97. The predicted octanol–water partition coefficient (Wildman–Crippen LogP) is 2.83. The highest BCUT2D eigenvalue weighted by Gasteiger charge is 2.19. The zero-order valence-corrected chi connectivity index (χ0v) is 17.4. The number of rotatable bonds is 8. The van der Waals surface area contributed by atoms with Crippen LogP contribution in [0.3, 0.4) is 0 Å². The molecule has 152 valence electrons. The maximum Gasteiger partial charge on any atom is 0.238 e. The molecule has 2 heterocycles. The zero-order valence-electron chi connectivity index (χ0n) is 17.4. The minimum Gasteiger partial charge on any atom is -0.333 e. The van der Waals surface area contributed by atoms with Crippen molar-refractivity contribution in [2.75, 3.05) is 44.6 Å². The standard InChI is InChI=1S/C22H33N5O/c1-4-19-5-7-20(8-6-19)24-21(28)17-26-13-11-25(12-14-26)15-16-27-10-9-23-22(27)18(2)3/h5-10,18H,4,11-17H2,1-3H3,(H,24,28). The molecule has 0 unspecified atom stereocenters. The van der Waals surface area contributed by atoms with Crippen molar-refractivity contribution in [1.82, 2.24) is 19.4 Å². The minimum atomic E-state index is 0.0673. The van der Waals surface area contributed by atoms with Gasteiger partial charge in [-0.15, -0.1) is 0 Å². The molecule has 1 aliphatic heterocycles. The molecule has 0 spiro atoms. The van der Waals surface area contributed by atoms with Crippen molar-refractivity contribution < 1.29 is 4.79 Å². The molecule has 1 N–H and O–H groups in total. The molecule has 1 saturated heterocycles. The fourth-order valence-corrected chi connectivity index (χ4v) is 3.66. The highest BCUT2D eigenvalue weighted by molar-refractivity contribution is 5.92. The molecule has 0 atom stereocenters. The van der Waals surface area contributed by atoms with Crippen LogP contribution in [-0.4, -0.2) is 64.5 Å². The Morgan fingerprint density at radius 3 is 2.39 bits per heavy atom. The fourth-order valence-electron chi connectivity index (χ4n) is 3.66. The van der Waals surface area contributed by atoms with E-state index in [1.54, 1.807) is 0 Å². The summed E-state index contributed by atoms with van der Waals surface area (Å²) in [6.45, 7) is 12.8. The SMILES string of the molecule is CCc1ccc(NC(=O)CN2CCN(CCn3ccnc3C(C)C)CC2)cc1. The second kappa shape index (κ2) is 9.85. The first kappa shape index (κ1) is 20.6. The average molecular weight is 384 g/mol. The molecule has 3 rings (SSSR count). The predicted molar refractivity (Wildman–Crippen MR) is 114 cm³/mol. The maximum absolute atomic E-state index is 12.3. The number of anilines is 1. The highest BCUT2D eigenvalue weighted by atomic mass is 16.2. The van der Waals surface area contributed by atoms with Crippen molar-refractivity contribution in [2.45, 2.75) is 39.7 Å². The van der Waals surface area contributed by atoms with Crippen molar-refractivity contribution in [1.29, 1.82) is 0 Å². The topological polar surface area (TPSA) is 53.4 Å². The molecule has 2 aromatic rings. The number of piperazine rings is 1. The molecule has 28 heavy (non-hydrogen) atoms. The summed E-state index contributed by atoms with van der Waals surface area (Å²) in [7, 11) is 0. The van der Waals surface area contributed by atoms with Gasteiger partial charge in [-0.25, -0.2) is 4.98 Å². The molecule has 0 radical (unpaired) electrons. The fraction of sp³-hybridized carbons (Fsp3) is 0.545. The van der Waals surface area contributed by atoms with Gasteiger partial charge in [0.1, 0.15) is 5.82 Å². The molecule has 0 bridgehead atoms. The Labute approximate surface area is 168 Å². The first-order valence-corrected chi connectivity index (χ1v) is 10.4. The van der Waals surface area contributed by atoms with Crippen LogP contribution in [0.15, 0.2) is 36.7 Å². The van der Waals surface area contributed by atoms with E-state index in [-0.39, 0.29) is 5.91 Å². The number of hydrogen-bond donors (Lipinski definition) is 1. The summed E-state index contributed by atoms with van der Waals surface area (Å²) in [4.78, 5) is 21.5. The summed E-state index contributed by atoms with van der Waals surface area (Å²) in [5.74, 6) is 1.67. The smallest absolute Gasteiger partial charge is 0.238 e. The molecule has 1 aromatic heterocycles. The molecule has 1 aliphatic rings. The number of carbonyl (C=O) groups is 1. The van der Waals surface area contributed by atoms with Gasteiger partial charge in [0.15, 0.2) is 0 Å². The Bertz CT molecular complexity index is 745. The summed E-state index contributed by atoms with van der Waals surface area (Å²) in [5.41, 5.74) is 2.16. The van der Waals surface area contributed by atoms with Crippen LogP contribution in [0.2, 0.25) is 0 Å². The first-order valence-electron chi connectivity index (χ1n) is 10.4. The van der Waals surface area contributed by atoms with Crippen LogP contribution in [-0.2, 0) is 17.8 Å². The molecule has 1 amide bonds. The van der Waals surface area contributed by atoms with E-state index in [0.717, 1.165) is 57.2 Å². The summed E-state index contributed by atoms with van der Waals surface area (Å²) < 4.78 is 2.26. The third-order valence-corrected chi connectivity index (χ3v) is 5.40. The molecule has 0 aliphatic carbocycles. The Morgan fingerprint density at radius 1 is 1.07 bits per heavy atom. The van der Waals surface area contributed by atoms with E-state index in [1.807, 2.05) is 18.3 Å². The van der Waals surface area contributed by atoms with E-state index >= 15 is 0 Å². The summed E-state index contributed by atoms with van der Waals surface area (Å²) in [6, 6.07) is 8.10. The first-order chi connectivity index (χ1) is 13.5. The van der Waals surface area contributed by atoms with Crippen LogP contribution in [0.25, 0.3) is 0 Å². The average Bonchev–Trinajstić information content (AvgIpc) is 3.17. The Hall–Kier alpha value is -2.18. The number of nitrogens with zero attached hydrogens (tertiary/aromatic N) is 4. The molecule has 1 fully saturated rings. The molecule has 0 saturated carbocycles. The number of hydrogen-bond acceptors (Lipinski definition) is 4. The van der Waals surface area contributed by atoms with Crippen molar-refractivity contribution in [3.05, 3.63) is 48.0 Å². The highest BCUT2D eigenvalue weighted by Crippen LogP contribution is 2.13. The number of amides is 1. The van der Waals surface area contributed by atoms with Gasteiger partial charge in [0.2, 0.25) is 5.91 Å². The van der Waals surface area contributed by atoms with Gasteiger partial charge in [-0.1, -0.05) is 32.9 Å². The Balaban J connectivity index is 1.38. The van der Waals surface area contributed by atoms with Crippen molar-refractivity contribution >= 4 is 11.6 Å². The lowest BCUT2D eigenvalue weighted by Gasteiger charge is -2.34. The van der Waals surface area contributed by atoms with E-state index in [4.69, 9.17) is 0 Å². The largest absolute Gasteiger partial charge is 0.333 e. The lowest BCUT2D eigenvalue weighted by atomic mass is 10.1. The van der Waals surface area contributed by atoms with Crippen LogP contribution in [0, 0.1) is 0 Å². The van der Waals surface area contributed by atoms with E-state index in [2.05, 4.69) is 63.8 Å². The second-order valence-electron chi connectivity index (χ2n) is 7.85. The van der Waals surface area contributed by atoms with E-state index in [9.17, 15) is 4.79 Å². The number of imidazole rings is 1. The third kappa shape index (κ3) is 5.66. The van der Waals surface area contributed by atoms with Gasteiger partial charge in [0.25, 0.3) is 0 Å².